The zero-order valence-corrected chi connectivity index (χ0v) is 44.6. The summed E-state index contributed by atoms with van der Waals surface area (Å²) in [5, 5.41) is 9.14. The Labute approximate surface area is 473 Å². The Hall–Kier alpha value is -11.1. The minimum absolute atomic E-state index is 0.820. The van der Waals surface area contributed by atoms with Crippen LogP contribution in [0.1, 0.15) is 0 Å². The van der Waals surface area contributed by atoms with Crippen molar-refractivity contribution < 1.29 is 0 Å². The Morgan fingerprint density at radius 2 is 0.561 bits per heavy atom. The van der Waals surface area contributed by atoms with Crippen LogP contribution >= 0.6 is 0 Å². The summed E-state index contributed by atoms with van der Waals surface area (Å²) >= 11 is 0. The summed E-state index contributed by atoms with van der Waals surface area (Å²) in [6.45, 7) is 0. The second-order valence-electron chi connectivity index (χ2n) is 20.9. The lowest BCUT2D eigenvalue weighted by atomic mass is 9.93. The summed E-state index contributed by atoms with van der Waals surface area (Å²) < 4.78 is 4.74. The van der Waals surface area contributed by atoms with Gasteiger partial charge in [0.2, 0.25) is 0 Å². The average molecular weight is 1050 g/mol. The van der Waals surface area contributed by atoms with Crippen molar-refractivity contribution in [1.82, 2.24) is 19.1 Å². The van der Waals surface area contributed by atoms with Crippen molar-refractivity contribution in [1.29, 1.82) is 0 Å². The third kappa shape index (κ3) is 7.65. The van der Waals surface area contributed by atoms with Gasteiger partial charge in [-0.2, -0.15) is 0 Å². The fourth-order valence-corrected chi connectivity index (χ4v) is 12.7. The van der Waals surface area contributed by atoms with E-state index in [1.54, 1.807) is 0 Å². The fraction of sp³-hybridized carbons (Fsp3) is 0. The summed E-state index contributed by atoms with van der Waals surface area (Å²) in [4.78, 5) is 16.0. The maximum atomic E-state index is 5.60. The molecule has 16 aromatic rings. The Morgan fingerprint density at radius 3 is 0.976 bits per heavy atom. The van der Waals surface area contributed by atoms with Gasteiger partial charge in [0.25, 0.3) is 0 Å². The van der Waals surface area contributed by atoms with E-state index in [0.717, 1.165) is 112 Å². The van der Waals surface area contributed by atoms with Gasteiger partial charge in [0.1, 0.15) is 0 Å². The summed E-state index contributed by atoms with van der Waals surface area (Å²) in [7, 11) is 0. The van der Waals surface area contributed by atoms with Crippen LogP contribution in [-0.2, 0) is 0 Å². The molecule has 0 aliphatic rings. The molecule has 16 rings (SSSR count). The molecule has 0 aliphatic carbocycles. The number of hydrogen-bond acceptors (Lipinski definition) is 4. The van der Waals surface area contributed by atoms with Gasteiger partial charge in [0.05, 0.1) is 55.9 Å². The Balaban J connectivity index is 0.874. The SMILES string of the molecule is c1ccc(N(c2ccc3c(c2)c2ccccc2n3-c2ccccc2)c2ccc(-c3nc4ccccc4nc3-c3ccc(N(c4ccccc4)c4ccc5c(c4)c4ccccc4n5-c4ccccc4)c4ccccc34)c3ccccc23)cc1. The largest absolute Gasteiger partial charge is 0.310 e. The standard InChI is InChI=1S/C76H50N6/c1-5-23-51(24-6-1)79(55-41-45-73-65(49-55)61-35-17-21-39-69(61)81(73)53-27-9-3-10-28-53)71-47-43-63(57-31-13-15-33-59(57)71)75-76(78-68-38-20-19-37-67(68)77-75)64-44-48-72(60-34-16-14-32-58(60)64)80(52-25-7-2-8-26-52)56-42-46-74-66(50-56)62-36-18-22-40-70(62)82(74)54-29-11-4-12-30-54/h1-50H. The van der Waals surface area contributed by atoms with E-state index in [4.69, 9.17) is 9.97 Å². The van der Waals surface area contributed by atoms with Crippen molar-refractivity contribution in [3.63, 3.8) is 0 Å². The normalized spacial score (nSPS) is 11.7. The highest BCUT2D eigenvalue weighted by atomic mass is 15.2. The van der Waals surface area contributed by atoms with Crippen LogP contribution < -0.4 is 9.80 Å². The van der Waals surface area contributed by atoms with Crippen molar-refractivity contribution in [2.75, 3.05) is 9.80 Å². The highest BCUT2D eigenvalue weighted by Crippen LogP contribution is 2.48. The van der Waals surface area contributed by atoms with Crippen LogP contribution in [0.5, 0.6) is 0 Å². The highest BCUT2D eigenvalue weighted by Gasteiger charge is 2.25. The van der Waals surface area contributed by atoms with Crippen LogP contribution in [0, 0.1) is 0 Å². The molecule has 0 saturated heterocycles. The van der Waals surface area contributed by atoms with Crippen LogP contribution in [0.25, 0.3) is 110 Å². The van der Waals surface area contributed by atoms with Crippen molar-refractivity contribution in [2.24, 2.45) is 0 Å². The van der Waals surface area contributed by atoms with Crippen LogP contribution in [0.3, 0.4) is 0 Å². The Bertz CT molecular complexity index is 4790. The molecule has 82 heavy (non-hydrogen) atoms. The molecule has 6 heteroatoms. The van der Waals surface area contributed by atoms with E-state index in [0.29, 0.717) is 0 Å². The minimum Gasteiger partial charge on any atom is -0.310 e. The second-order valence-corrected chi connectivity index (χ2v) is 20.9. The van der Waals surface area contributed by atoms with E-state index in [-0.39, 0.29) is 0 Å². The van der Waals surface area contributed by atoms with E-state index in [2.05, 4.69) is 310 Å². The predicted octanol–water partition coefficient (Wildman–Crippen LogP) is 20.4. The molecular weight excluding hydrogens is 997 g/mol. The number of aromatic nitrogens is 4. The maximum Gasteiger partial charge on any atom is 0.0979 e. The molecule has 3 heterocycles. The number of nitrogens with zero attached hydrogens (tertiary/aromatic N) is 6. The van der Waals surface area contributed by atoms with Crippen LogP contribution in [-0.4, -0.2) is 19.1 Å². The first-order chi connectivity index (χ1) is 40.7. The van der Waals surface area contributed by atoms with Gasteiger partial charge in [-0.1, -0.05) is 170 Å². The molecule has 0 radical (unpaired) electrons. The molecule has 0 fully saturated rings. The third-order valence-corrected chi connectivity index (χ3v) is 16.3. The molecule has 0 saturated carbocycles. The van der Waals surface area contributed by atoms with Gasteiger partial charge in [0, 0.05) is 77.6 Å². The number of anilines is 6. The average Bonchev–Trinajstić information content (AvgIpc) is 4.26. The van der Waals surface area contributed by atoms with Gasteiger partial charge in [-0.15, -0.1) is 0 Å². The van der Waals surface area contributed by atoms with E-state index < -0.39 is 0 Å². The quantitative estimate of drug-likeness (QED) is 0.137. The van der Waals surface area contributed by atoms with Gasteiger partial charge in [0.15, 0.2) is 0 Å². The zero-order valence-electron chi connectivity index (χ0n) is 44.6. The van der Waals surface area contributed by atoms with Crippen molar-refractivity contribution in [3.8, 4) is 33.9 Å². The van der Waals surface area contributed by atoms with Gasteiger partial charge in [-0.05, 0) is 144 Å². The fourth-order valence-electron chi connectivity index (χ4n) is 12.7. The Kier molecular flexibility index (Phi) is 11.1. The molecular formula is C76H50N6. The lowest BCUT2D eigenvalue weighted by Gasteiger charge is -2.28. The molecule has 384 valence electrons. The van der Waals surface area contributed by atoms with Crippen molar-refractivity contribution in [3.05, 3.63) is 303 Å². The van der Waals surface area contributed by atoms with Gasteiger partial charge >= 0.3 is 0 Å². The van der Waals surface area contributed by atoms with E-state index in [9.17, 15) is 0 Å². The molecule has 0 unspecified atom stereocenters. The smallest absolute Gasteiger partial charge is 0.0979 e. The van der Waals surface area contributed by atoms with E-state index >= 15 is 0 Å². The maximum absolute atomic E-state index is 5.60. The highest BCUT2D eigenvalue weighted by molar-refractivity contribution is 6.15. The number of hydrogen-bond donors (Lipinski definition) is 0. The van der Waals surface area contributed by atoms with Crippen molar-refractivity contribution >= 4 is 110 Å². The van der Waals surface area contributed by atoms with Gasteiger partial charge in [-0.3, -0.25) is 0 Å². The van der Waals surface area contributed by atoms with Crippen molar-refractivity contribution in [2.45, 2.75) is 0 Å². The molecule has 0 N–H and O–H groups in total. The first-order valence-electron chi connectivity index (χ1n) is 27.9. The van der Waals surface area contributed by atoms with Gasteiger partial charge in [-0.25, -0.2) is 9.97 Å². The van der Waals surface area contributed by atoms with Crippen LogP contribution in [0.2, 0.25) is 0 Å². The topological polar surface area (TPSA) is 42.1 Å². The van der Waals surface area contributed by atoms with Gasteiger partial charge < -0.3 is 18.9 Å². The molecule has 0 amide bonds. The van der Waals surface area contributed by atoms with Crippen LogP contribution in [0.15, 0.2) is 303 Å². The van der Waals surface area contributed by atoms with Crippen LogP contribution in [0.4, 0.5) is 34.1 Å². The zero-order chi connectivity index (χ0) is 54.1. The number of rotatable bonds is 10. The van der Waals surface area contributed by atoms with E-state index in [1.165, 1.54) is 32.6 Å². The lowest BCUT2D eigenvalue weighted by molar-refractivity contribution is 1.18. The molecule has 0 atom stereocenters. The van der Waals surface area contributed by atoms with E-state index in [1.807, 2.05) is 12.1 Å². The Morgan fingerprint density at radius 1 is 0.232 bits per heavy atom. The second kappa shape index (κ2) is 19.4. The first kappa shape index (κ1) is 47.0. The summed E-state index contributed by atoms with van der Waals surface area (Å²) in [6.07, 6.45) is 0. The monoisotopic (exact) mass is 1050 g/mol. The molecule has 0 aliphatic heterocycles. The number of benzene rings is 13. The molecule has 3 aromatic heterocycles. The summed E-state index contributed by atoms with van der Waals surface area (Å²) in [5.41, 5.74) is 18.6. The summed E-state index contributed by atoms with van der Waals surface area (Å²) in [5.74, 6) is 0. The summed E-state index contributed by atoms with van der Waals surface area (Å²) in [6, 6.07) is 109. The molecule has 0 spiro atoms. The molecule has 6 nitrogen and oxygen atoms in total. The number of para-hydroxylation sites is 8. The lowest BCUT2D eigenvalue weighted by Crippen LogP contribution is -2.11. The molecule has 13 aromatic carbocycles. The number of fused-ring (bicyclic) bond motifs is 9. The predicted molar refractivity (Wildman–Crippen MR) is 343 cm³/mol. The third-order valence-electron chi connectivity index (χ3n) is 16.3. The molecule has 0 bridgehead atoms. The first-order valence-corrected chi connectivity index (χ1v) is 27.9. The minimum atomic E-state index is 0.820.